The molecule has 2 nitrogen and oxygen atoms in total. The molecule has 0 aliphatic heterocycles. The number of allylic oxidation sites excluding steroid dienone is 2. The first-order valence-electron chi connectivity index (χ1n) is 16.3. The van der Waals surface area contributed by atoms with E-state index in [1.807, 2.05) is 12.2 Å². The van der Waals surface area contributed by atoms with E-state index in [-0.39, 0.29) is 21.7 Å². The highest BCUT2D eigenvalue weighted by molar-refractivity contribution is 5.95. The van der Waals surface area contributed by atoms with Gasteiger partial charge in [0, 0.05) is 0 Å². The molecule has 0 atom stereocenters. The molecule has 0 fully saturated rings. The van der Waals surface area contributed by atoms with Gasteiger partial charge in [-0.2, -0.15) is 10.5 Å². The van der Waals surface area contributed by atoms with Crippen molar-refractivity contribution in [2.75, 3.05) is 0 Å². The minimum absolute atomic E-state index is 0.0264. The lowest BCUT2D eigenvalue weighted by Crippen LogP contribution is -2.17. The molecule has 0 bridgehead atoms. The van der Waals surface area contributed by atoms with Crippen LogP contribution in [0.15, 0.2) is 72.8 Å². The summed E-state index contributed by atoms with van der Waals surface area (Å²) < 4.78 is 0. The summed E-state index contributed by atoms with van der Waals surface area (Å²) in [5.74, 6) is 0. The summed E-state index contributed by atoms with van der Waals surface area (Å²) in [4.78, 5) is 0. The lowest BCUT2D eigenvalue weighted by molar-refractivity contribution is 0.567. The van der Waals surface area contributed by atoms with Crippen molar-refractivity contribution in [3.8, 4) is 12.1 Å². The van der Waals surface area contributed by atoms with Gasteiger partial charge in [-0.05, 0) is 125 Å². The second-order valence-electron chi connectivity index (χ2n) is 16.8. The van der Waals surface area contributed by atoms with E-state index in [9.17, 15) is 10.5 Å². The maximum Gasteiger partial charge on any atom is 0.0998 e. The van der Waals surface area contributed by atoms with Crippen molar-refractivity contribution in [3.05, 3.63) is 117 Å². The van der Waals surface area contributed by atoms with Gasteiger partial charge < -0.3 is 0 Å². The highest BCUT2D eigenvalue weighted by Crippen LogP contribution is 2.35. The number of benzene rings is 4. The van der Waals surface area contributed by atoms with Crippen molar-refractivity contribution in [2.45, 2.75) is 105 Å². The highest BCUT2D eigenvalue weighted by atomic mass is 14.3. The molecular weight excluding hydrogens is 556 g/mol. The van der Waals surface area contributed by atoms with Crippen molar-refractivity contribution in [2.24, 2.45) is 0 Å². The first-order valence-corrected chi connectivity index (χ1v) is 16.3. The van der Waals surface area contributed by atoms with Crippen molar-refractivity contribution in [3.63, 3.8) is 0 Å². The summed E-state index contributed by atoms with van der Waals surface area (Å²) in [7, 11) is 0. The highest BCUT2D eigenvalue weighted by Gasteiger charge is 2.23. The van der Waals surface area contributed by atoms with Crippen molar-refractivity contribution < 1.29 is 0 Å². The Bertz CT molecular complexity index is 1720. The topological polar surface area (TPSA) is 47.6 Å². The molecule has 0 heterocycles. The van der Waals surface area contributed by atoms with E-state index in [0.29, 0.717) is 11.1 Å². The second kappa shape index (κ2) is 12.4. The Kier molecular flexibility index (Phi) is 9.31. The third-order valence-electron chi connectivity index (χ3n) is 8.70. The molecule has 46 heavy (non-hydrogen) atoms. The number of nitrogens with zero attached hydrogens (tertiary/aromatic N) is 2. The molecule has 0 aromatic heterocycles. The molecule has 0 saturated carbocycles. The number of nitriles is 2. The third-order valence-corrected chi connectivity index (χ3v) is 8.70. The van der Waals surface area contributed by atoms with Crippen LogP contribution in [0.1, 0.15) is 128 Å². The maximum absolute atomic E-state index is 10.3. The molecule has 236 valence electrons. The van der Waals surface area contributed by atoms with Gasteiger partial charge in [-0.15, -0.1) is 0 Å². The molecule has 0 spiro atoms. The molecular formula is C44H50N2. The van der Waals surface area contributed by atoms with Crippen LogP contribution in [0.5, 0.6) is 0 Å². The van der Waals surface area contributed by atoms with Gasteiger partial charge in [0.05, 0.1) is 23.3 Å². The lowest BCUT2D eigenvalue weighted by Gasteiger charge is -2.26. The van der Waals surface area contributed by atoms with E-state index in [1.165, 1.54) is 22.3 Å². The zero-order valence-corrected chi connectivity index (χ0v) is 30.0. The lowest BCUT2D eigenvalue weighted by atomic mass is 9.79. The summed E-state index contributed by atoms with van der Waals surface area (Å²) in [6.45, 7) is 26.6. The smallest absolute Gasteiger partial charge is 0.0998 e. The second-order valence-corrected chi connectivity index (χ2v) is 16.8. The van der Waals surface area contributed by atoms with Gasteiger partial charge in [-0.1, -0.05) is 119 Å². The van der Waals surface area contributed by atoms with Crippen LogP contribution >= 0.6 is 0 Å². The molecule has 2 heteroatoms. The molecule has 0 N–H and O–H groups in total. The van der Waals surface area contributed by atoms with Crippen LogP contribution in [0, 0.1) is 22.7 Å². The van der Waals surface area contributed by atoms with Crippen LogP contribution in [0.2, 0.25) is 0 Å². The standard InChI is InChI=1S/C44H50N2/c1-41(2,3)37-21-33(22-38(25-37)42(4,5)6)35(27-45)19-29-13-15-32-18-30(14-16-31(32)17-29)20-36(28-46)34-23-39(43(7,8)9)26-40(24-34)44(10,11)12/h13-26H,1-12H3/b35-19+,36-20+. The number of hydrogen-bond donors (Lipinski definition) is 0. The Hall–Kier alpha value is -4.40. The molecule has 4 aromatic rings. The number of rotatable bonds is 4. The van der Waals surface area contributed by atoms with E-state index in [1.54, 1.807) is 0 Å². The van der Waals surface area contributed by atoms with E-state index in [0.717, 1.165) is 33.0 Å². The summed E-state index contributed by atoms with van der Waals surface area (Å²) in [6.07, 6.45) is 3.98. The van der Waals surface area contributed by atoms with Gasteiger partial charge in [0.15, 0.2) is 0 Å². The summed E-state index contributed by atoms with van der Waals surface area (Å²) >= 11 is 0. The largest absolute Gasteiger partial charge is 0.192 e. The average Bonchev–Trinajstić information content (AvgIpc) is 2.96. The predicted octanol–water partition coefficient (Wildman–Crippen LogP) is 12.2. The fourth-order valence-electron chi connectivity index (χ4n) is 5.45. The van der Waals surface area contributed by atoms with E-state index < -0.39 is 0 Å². The van der Waals surface area contributed by atoms with E-state index >= 15 is 0 Å². The quantitative estimate of drug-likeness (QED) is 0.171. The predicted molar refractivity (Wildman–Crippen MR) is 199 cm³/mol. The summed E-state index contributed by atoms with van der Waals surface area (Å²) in [5.41, 5.74) is 9.99. The van der Waals surface area contributed by atoms with Crippen LogP contribution in [0.25, 0.3) is 34.1 Å². The Balaban J connectivity index is 1.75. The minimum atomic E-state index is -0.0264. The van der Waals surface area contributed by atoms with Crippen LogP contribution in [0.3, 0.4) is 0 Å². The van der Waals surface area contributed by atoms with Crippen molar-refractivity contribution in [1.82, 2.24) is 0 Å². The molecule has 0 amide bonds. The Morgan fingerprint density at radius 1 is 0.435 bits per heavy atom. The SMILES string of the molecule is CC(C)(C)c1cc(/C(C#N)=C/c2ccc3cc(/C=C(\C#N)c4cc(C(C)(C)C)cc(C(C)(C)C)c4)ccc3c2)cc(C(C)(C)C)c1. The van der Waals surface area contributed by atoms with Crippen LogP contribution in [-0.2, 0) is 21.7 Å². The molecule has 0 aliphatic rings. The van der Waals surface area contributed by atoms with Crippen molar-refractivity contribution >= 4 is 34.1 Å². The third kappa shape index (κ3) is 8.05. The molecule has 4 rings (SSSR count). The average molecular weight is 607 g/mol. The fourth-order valence-corrected chi connectivity index (χ4v) is 5.45. The number of hydrogen-bond acceptors (Lipinski definition) is 2. The van der Waals surface area contributed by atoms with E-state index in [4.69, 9.17) is 0 Å². The molecule has 0 unspecified atom stereocenters. The van der Waals surface area contributed by atoms with Gasteiger partial charge in [0.25, 0.3) is 0 Å². The number of fused-ring (bicyclic) bond motifs is 1. The van der Waals surface area contributed by atoms with Crippen molar-refractivity contribution in [1.29, 1.82) is 10.5 Å². The van der Waals surface area contributed by atoms with Gasteiger partial charge in [0.2, 0.25) is 0 Å². The first kappa shape index (κ1) is 34.5. The molecule has 0 aliphatic carbocycles. The molecule has 0 saturated heterocycles. The van der Waals surface area contributed by atoms with Gasteiger partial charge in [-0.25, -0.2) is 0 Å². The Morgan fingerprint density at radius 3 is 0.957 bits per heavy atom. The normalized spacial score (nSPS) is 13.4. The van der Waals surface area contributed by atoms with Gasteiger partial charge in [0.1, 0.15) is 0 Å². The summed E-state index contributed by atoms with van der Waals surface area (Å²) in [6, 6.07) is 30.8. The fraction of sp³-hybridized carbons (Fsp3) is 0.364. The van der Waals surface area contributed by atoms with Crippen LogP contribution < -0.4 is 0 Å². The zero-order chi connectivity index (χ0) is 34.2. The Labute approximate surface area is 278 Å². The van der Waals surface area contributed by atoms with Gasteiger partial charge >= 0.3 is 0 Å². The molecule has 4 aromatic carbocycles. The maximum atomic E-state index is 10.3. The monoisotopic (exact) mass is 606 g/mol. The van der Waals surface area contributed by atoms with E-state index in [2.05, 4.69) is 168 Å². The minimum Gasteiger partial charge on any atom is -0.192 e. The van der Waals surface area contributed by atoms with Gasteiger partial charge in [-0.3, -0.25) is 0 Å². The summed E-state index contributed by atoms with van der Waals surface area (Å²) in [5, 5.41) is 22.7. The first-order chi connectivity index (χ1) is 21.2. The van der Waals surface area contributed by atoms with Crippen LogP contribution in [-0.4, -0.2) is 0 Å². The van der Waals surface area contributed by atoms with Crippen LogP contribution in [0.4, 0.5) is 0 Å². The molecule has 0 radical (unpaired) electrons. The Morgan fingerprint density at radius 2 is 0.717 bits per heavy atom. The zero-order valence-electron chi connectivity index (χ0n) is 30.0.